The Balaban J connectivity index is 1.53. The summed E-state index contributed by atoms with van der Waals surface area (Å²) in [6.07, 6.45) is 3.80. The van der Waals surface area contributed by atoms with E-state index in [0.717, 1.165) is 29.8 Å². The van der Waals surface area contributed by atoms with Gasteiger partial charge in [0.2, 0.25) is 0 Å². The van der Waals surface area contributed by atoms with Gasteiger partial charge in [-0.25, -0.2) is 17.9 Å². The van der Waals surface area contributed by atoms with Crippen molar-refractivity contribution in [1.29, 1.82) is 0 Å². The predicted molar refractivity (Wildman–Crippen MR) is 120 cm³/mol. The van der Waals surface area contributed by atoms with E-state index in [1.807, 2.05) is 18.2 Å². The zero-order valence-corrected chi connectivity index (χ0v) is 18.5. The van der Waals surface area contributed by atoms with Gasteiger partial charge in [-0.15, -0.1) is 5.10 Å². The first-order valence-electron chi connectivity index (χ1n) is 10.5. The lowest BCUT2D eigenvalue weighted by Gasteiger charge is -2.26. The standard InChI is InChI=1S/C21H24N6O4S/c1-22-16-11-18(24-15-7-2-5-14-6-3-9-31-19(14)15)25-27-17(12-23-20(16)27)21(28)26-8-4-10-32(29,30)13-26/h2,5,7,11-12,22H,3-4,6,8-10,13H2,1H3,(H,24,25). The molecule has 1 amide bonds. The van der Waals surface area contributed by atoms with Gasteiger partial charge in [0.1, 0.15) is 11.6 Å². The van der Waals surface area contributed by atoms with Gasteiger partial charge in [-0.2, -0.15) is 0 Å². The molecular weight excluding hydrogens is 432 g/mol. The number of benzene rings is 1. The topological polar surface area (TPSA) is 118 Å². The minimum absolute atomic E-state index is 0.101. The van der Waals surface area contributed by atoms with Gasteiger partial charge in [0.15, 0.2) is 27.0 Å². The number of hydrogen-bond acceptors (Lipinski definition) is 8. The summed E-state index contributed by atoms with van der Waals surface area (Å²) >= 11 is 0. The van der Waals surface area contributed by atoms with Crippen molar-refractivity contribution >= 4 is 38.6 Å². The zero-order valence-electron chi connectivity index (χ0n) is 17.7. The third kappa shape index (κ3) is 3.72. The largest absolute Gasteiger partial charge is 0.491 e. The SMILES string of the molecule is CNc1cc(Nc2cccc3c2OCCC3)nn2c(C(=O)N3CCCS(=O)(=O)C3)cnc12. The lowest BCUT2D eigenvalue weighted by atomic mass is 10.1. The highest BCUT2D eigenvalue weighted by Crippen LogP contribution is 2.35. The Labute approximate surface area is 185 Å². The van der Waals surface area contributed by atoms with Crippen LogP contribution in [-0.4, -0.2) is 65.7 Å². The molecule has 0 bridgehead atoms. The van der Waals surface area contributed by atoms with Crippen molar-refractivity contribution in [2.45, 2.75) is 19.3 Å². The van der Waals surface area contributed by atoms with Crippen LogP contribution in [0.15, 0.2) is 30.5 Å². The number of amides is 1. The van der Waals surface area contributed by atoms with E-state index >= 15 is 0 Å². The first-order chi connectivity index (χ1) is 15.4. The number of anilines is 3. The van der Waals surface area contributed by atoms with Crippen LogP contribution in [0.5, 0.6) is 5.75 Å². The molecule has 2 N–H and O–H groups in total. The van der Waals surface area contributed by atoms with Crippen molar-refractivity contribution in [2.24, 2.45) is 0 Å². The van der Waals surface area contributed by atoms with Gasteiger partial charge < -0.3 is 20.3 Å². The monoisotopic (exact) mass is 456 g/mol. The van der Waals surface area contributed by atoms with Crippen LogP contribution >= 0.6 is 0 Å². The quantitative estimate of drug-likeness (QED) is 0.613. The van der Waals surface area contributed by atoms with E-state index in [1.165, 1.54) is 15.6 Å². The second kappa shape index (κ2) is 7.97. The molecule has 3 aromatic rings. The normalized spacial score (nSPS) is 17.5. The summed E-state index contributed by atoms with van der Waals surface area (Å²) in [5.41, 5.74) is 3.31. The van der Waals surface area contributed by atoms with Crippen molar-refractivity contribution < 1.29 is 17.9 Å². The van der Waals surface area contributed by atoms with E-state index in [9.17, 15) is 13.2 Å². The van der Waals surface area contributed by atoms with Crippen LogP contribution in [0.3, 0.4) is 0 Å². The number of imidazole rings is 1. The number of carbonyl (C=O) groups excluding carboxylic acids is 1. The van der Waals surface area contributed by atoms with E-state index in [0.29, 0.717) is 36.7 Å². The summed E-state index contributed by atoms with van der Waals surface area (Å²) in [6, 6.07) is 7.75. The first kappa shape index (κ1) is 20.6. The lowest BCUT2D eigenvalue weighted by molar-refractivity contribution is 0.0769. The molecular formula is C21H24N6O4S. The van der Waals surface area contributed by atoms with Crippen molar-refractivity contribution in [1.82, 2.24) is 19.5 Å². The molecule has 0 radical (unpaired) electrons. The number of sulfone groups is 1. The van der Waals surface area contributed by atoms with Crippen LogP contribution < -0.4 is 15.4 Å². The molecule has 0 atom stereocenters. The molecule has 11 heteroatoms. The molecule has 168 valence electrons. The van der Waals surface area contributed by atoms with Crippen LogP contribution in [0.2, 0.25) is 0 Å². The van der Waals surface area contributed by atoms with Gasteiger partial charge in [0.25, 0.3) is 5.91 Å². The van der Waals surface area contributed by atoms with Gasteiger partial charge in [-0.1, -0.05) is 12.1 Å². The highest BCUT2D eigenvalue weighted by Gasteiger charge is 2.29. The summed E-state index contributed by atoms with van der Waals surface area (Å²) in [7, 11) is -1.51. The van der Waals surface area contributed by atoms with Gasteiger partial charge in [0.05, 0.1) is 29.9 Å². The number of para-hydroxylation sites is 1. The van der Waals surface area contributed by atoms with Crippen molar-refractivity contribution in [2.75, 3.05) is 42.5 Å². The van der Waals surface area contributed by atoms with Crippen molar-refractivity contribution in [3.05, 3.63) is 41.7 Å². The molecule has 0 aliphatic carbocycles. The van der Waals surface area contributed by atoms with E-state index in [2.05, 4.69) is 26.8 Å². The minimum Gasteiger partial charge on any atom is -0.491 e. The fourth-order valence-corrected chi connectivity index (χ4v) is 5.57. The number of aryl methyl sites for hydroxylation is 1. The van der Waals surface area contributed by atoms with Crippen LogP contribution in [0.1, 0.15) is 28.9 Å². The number of ether oxygens (including phenoxy) is 1. The molecule has 2 aliphatic rings. The van der Waals surface area contributed by atoms with E-state index in [-0.39, 0.29) is 17.3 Å². The molecule has 1 fully saturated rings. The summed E-state index contributed by atoms with van der Waals surface area (Å²) in [4.78, 5) is 18.8. The summed E-state index contributed by atoms with van der Waals surface area (Å²) in [5, 5.41) is 11.0. The van der Waals surface area contributed by atoms with Gasteiger partial charge in [-0.05, 0) is 30.9 Å². The van der Waals surface area contributed by atoms with Crippen LogP contribution in [-0.2, 0) is 16.3 Å². The zero-order chi connectivity index (χ0) is 22.3. The Morgan fingerprint density at radius 3 is 2.91 bits per heavy atom. The first-order valence-corrected chi connectivity index (χ1v) is 12.4. The van der Waals surface area contributed by atoms with E-state index in [4.69, 9.17) is 4.74 Å². The average molecular weight is 457 g/mol. The molecule has 0 spiro atoms. The molecule has 2 aromatic heterocycles. The maximum Gasteiger partial charge on any atom is 0.275 e. The average Bonchev–Trinajstić information content (AvgIpc) is 3.21. The van der Waals surface area contributed by atoms with E-state index in [1.54, 1.807) is 7.05 Å². The van der Waals surface area contributed by atoms with Gasteiger partial charge in [0, 0.05) is 19.7 Å². The Hall–Kier alpha value is -3.34. The van der Waals surface area contributed by atoms with Crippen molar-refractivity contribution in [3.8, 4) is 5.75 Å². The molecule has 4 heterocycles. The summed E-state index contributed by atoms with van der Waals surface area (Å²) in [6.45, 7) is 1.05. The molecule has 2 aliphatic heterocycles. The molecule has 1 saturated heterocycles. The number of nitrogens with zero attached hydrogens (tertiary/aromatic N) is 4. The third-order valence-electron chi connectivity index (χ3n) is 5.68. The second-order valence-electron chi connectivity index (χ2n) is 7.94. The lowest BCUT2D eigenvalue weighted by Crippen LogP contribution is -2.42. The van der Waals surface area contributed by atoms with Crippen LogP contribution in [0.4, 0.5) is 17.2 Å². The minimum atomic E-state index is -3.28. The second-order valence-corrected chi connectivity index (χ2v) is 10.1. The fraction of sp³-hybridized carbons (Fsp3) is 0.381. The summed E-state index contributed by atoms with van der Waals surface area (Å²) < 4.78 is 31.3. The maximum atomic E-state index is 13.1. The number of aromatic nitrogens is 3. The fourth-order valence-electron chi connectivity index (χ4n) is 4.15. The molecule has 32 heavy (non-hydrogen) atoms. The molecule has 0 saturated carbocycles. The van der Waals surface area contributed by atoms with Crippen molar-refractivity contribution in [3.63, 3.8) is 0 Å². The third-order valence-corrected chi connectivity index (χ3v) is 7.29. The van der Waals surface area contributed by atoms with E-state index < -0.39 is 15.7 Å². The smallest absolute Gasteiger partial charge is 0.275 e. The van der Waals surface area contributed by atoms with Crippen LogP contribution in [0.25, 0.3) is 5.65 Å². The molecule has 1 aromatic carbocycles. The molecule has 0 unspecified atom stereocenters. The number of hydrogen-bond donors (Lipinski definition) is 2. The van der Waals surface area contributed by atoms with Crippen LogP contribution in [0, 0.1) is 0 Å². The molecule has 10 nitrogen and oxygen atoms in total. The number of carbonyl (C=O) groups is 1. The predicted octanol–water partition coefficient (Wildman–Crippen LogP) is 2.06. The van der Waals surface area contributed by atoms with Gasteiger partial charge in [-0.3, -0.25) is 4.79 Å². The Kier molecular flexibility index (Phi) is 5.12. The number of fused-ring (bicyclic) bond motifs is 2. The number of nitrogens with one attached hydrogen (secondary N) is 2. The molecule has 5 rings (SSSR count). The Morgan fingerprint density at radius 1 is 1.22 bits per heavy atom. The maximum absolute atomic E-state index is 13.1. The highest BCUT2D eigenvalue weighted by atomic mass is 32.2. The Bertz CT molecular complexity index is 1300. The van der Waals surface area contributed by atoms with Gasteiger partial charge >= 0.3 is 0 Å². The highest BCUT2D eigenvalue weighted by molar-refractivity contribution is 7.91. The summed E-state index contributed by atoms with van der Waals surface area (Å²) in [5.74, 6) is 0.718. The number of rotatable bonds is 4. The Morgan fingerprint density at radius 2 is 2.09 bits per heavy atom.